The maximum atomic E-state index is 13.5. The predicted octanol–water partition coefficient (Wildman–Crippen LogP) is 5.05. The Balaban J connectivity index is 1.78. The van der Waals surface area contributed by atoms with Crippen LogP contribution in [0.3, 0.4) is 0 Å². The maximum Gasteiger partial charge on any atom is 0.176 e. The summed E-state index contributed by atoms with van der Waals surface area (Å²) >= 11 is 6.05. The van der Waals surface area contributed by atoms with Gasteiger partial charge in [-0.25, -0.2) is 4.39 Å². The molecule has 1 unspecified atom stereocenters. The molecule has 1 aliphatic carbocycles. The van der Waals surface area contributed by atoms with Crippen LogP contribution >= 0.6 is 11.6 Å². The van der Waals surface area contributed by atoms with Crippen molar-refractivity contribution in [3.05, 3.63) is 76.3 Å². The average molecular weight is 342 g/mol. The van der Waals surface area contributed by atoms with Crippen LogP contribution in [0.25, 0.3) is 11.3 Å². The molecular weight excluding hydrogens is 329 g/mol. The number of halogens is 2. The number of fused-ring (bicyclic) bond motifs is 1. The molecule has 1 aromatic heterocycles. The van der Waals surface area contributed by atoms with E-state index in [2.05, 4.69) is 5.16 Å². The third-order valence-corrected chi connectivity index (χ3v) is 4.57. The fraction of sp³-hybridized carbons (Fsp3) is 0.158. The second-order valence-electron chi connectivity index (χ2n) is 5.85. The molecule has 0 saturated carbocycles. The van der Waals surface area contributed by atoms with Crippen molar-refractivity contribution < 1.29 is 13.7 Å². The highest BCUT2D eigenvalue weighted by Gasteiger charge is 2.35. The number of hydrogen-bond donors (Lipinski definition) is 0. The van der Waals surface area contributed by atoms with E-state index in [1.807, 2.05) is 18.2 Å². The highest BCUT2D eigenvalue weighted by atomic mass is 35.5. The van der Waals surface area contributed by atoms with Crippen molar-refractivity contribution in [2.75, 3.05) is 0 Å². The molecule has 0 aliphatic heterocycles. The quantitative estimate of drug-likeness (QED) is 0.655. The van der Waals surface area contributed by atoms with Gasteiger partial charge < -0.3 is 4.52 Å². The summed E-state index contributed by atoms with van der Waals surface area (Å²) in [5.41, 5.74) is 2.28. The van der Waals surface area contributed by atoms with Gasteiger partial charge in [-0.05, 0) is 36.2 Å². The van der Waals surface area contributed by atoms with Crippen molar-refractivity contribution in [1.82, 2.24) is 5.16 Å². The van der Waals surface area contributed by atoms with Crippen LogP contribution in [0, 0.1) is 5.82 Å². The molecule has 1 heterocycles. The van der Waals surface area contributed by atoms with E-state index in [1.54, 1.807) is 18.2 Å². The molecule has 4 rings (SSSR count). The van der Waals surface area contributed by atoms with E-state index in [0.717, 1.165) is 5.56 Å². The molecule has 0 spiro atoms. The van der Waals surface area contributed by atoms with Gasteiger partial charge in [0.25, 0.3) is 0 Å². The summed E-state index contributed by atoms with van der Waals surface area (Å²) < 4.78 is 18.9. The molecular formula is C19H13ClFNO2. The molecule has 24 heavy (non-hydrogen) atoms. The minimum Gasteiger partial charge on any atom is -0.360 e. The van der Waals surface area contributed by atoms with E-state index >= 15 is 0 Å². The van der Waals surface area contributed by atoms with Gasteiger partial charge in [0.15, 0.2) is 5.78 Å². The zero-order valence-electron chi connectivity index (χ0n) is 12.6. The van der Waals surface area contributed by atoms with E-state index in [-0.39, 0.29) is 17.5 Å². The Morgan fingerprint density at radius 3 is 2.79 bits per heavy atom. The van der Waals surface area contributed by atoms with Crippen LogP contribution < -0.4 is 0 Å². The van der Waals surface area contributed by atoms with Crippen LogP contribution in [0.4, 0.5) is 4.39 Å². The van der Waals surface area contributed by atoms with E-state index in [0.29, 0.717) is 40.4 Å². The first-order valence-electron chi connectivity index (χ1n) is 7.67. The normalized spacial score (nSPS) is 16.9. The number of aromatic nitrogens is 1. The maximum absolute atomic E-state index is 13.5. The monoisotopic (exact) mass is 341 g/mol. The van der Waals surface area contributed by atoms with Crippen molar-refractivity contribution in [3.63, 3.8) is 0 Å². The summed E-state index contributed by atoms with van der Waals surface area (Å²) in [4.78, 5) is 13.0. The summed E-state index contributed by atoms with van der Waals surface area (Å²) in [5, 5.41) is 4.62. The third-order valence-electron chi connectivity index (χ3n) is 4.33. The first-order valence-corrected chi connectivity index (χ1v) is 8.05. The highest BCUT2D eigenvalue weighted by molar-refractivity contribution is 6.30. The molecule has 0 N–H and O–H groups in total. The van der Waals surface area contributed by atoms with Crippen LogP contribution in [0.2, 0.25) is 5.02 Å². The Hall–Kier alpha value is -2.46. The van der Waals surface area contributed by atoms with Gasteiger partial charge in [-0.1, -0.05) is 41.0 Å². The molecule has 1 aliphatic rings. The van der Waals surface area contributed by atoms with Crippen LogP contribution in [0.1, 0.15) is 34.0 Å². The van der Waals surface area contributed by atoms with Crippen molar-refractivity contribution in [1.29, 1.82) is 0 Å². The molecule has 1 atom stereocenters. The Bertz CT molecular complexity index is 935. The van der Waals surface area contributed by atoms with Gasteiger partial charge in [0.1, 0.15) is 17.3 Å². The molecule has 5 heteroatoms. The lowest BCUT2D eigenvalue weighted by molar-refractivity contribution is 0.0942. The van der Waals surface area contributed by atoms with Gasteiger partial charge in [0, 0.05) is 22.9 Å². The Morgan fingerprint density at radius 1 is 1.17 bits per heavy atom. The first-order chi connectivity index (χ1) is 11.6. The molecule has 3 aromatic rings. The summed E-state index contributed by atoms with van der Waals surface area (Å²) in [6.07, 6.45) is 1.25. The average Bonchev–Trinajstić information content (AvgIpc) is 3.00. The van der Waals surface area contributed by atoms with Crippen molar-refractivity contribution >= 4 is 17.4 Å². The molecule has 120 valence electrons. The number of benzene rings is 2. The number of aryl methyl sites for hydroxylation is 1. The lowest BCUT2D eigenvalue weighted by atomic mass is 9.80. The summed E-state index contributed by atoms with van der Waals surface area (Å²) in [7, 11) is 0. The number of hydrogen-bond acceptors (Lipinski definition) is 3. The van der Waals surface area contributed by atoms with Crippen LogP contribution in [0.5, 0.6) is 0 Å². The Morgan fingerprint density at radius 2 is 2.00 bits per heavy atom. The SMILES string of the molecule is O=C1c2c(-c3cccc(F)c3)noc2CCC1c1cccc(Cl)c1. The number of Topliss-reactive ketones (excluding diaryl/α,β-unsaturated/α-hetero) is 1. The lowest BCUT2D eigenvalue weighted by Gasteiger charge is -2.20. The molecule has 3 nitrogen and oxygen atoms in total. The molecule has 2 aromatic carbocycles. The fourth-order valence-corrected chi connectivity index (χ4v) is 3.40. The molecule has 0 bridgehead atoms. The molecule has 0 amide bonds. The minimum atomic E-state index is -0.376. The second-order valence-corrected chi connectivity index (χ2v) is 6.29. The largest absolute Gasteiger partial charge is 0.360 e. The van der Waals surface area contributed by atoms with Gasteiger partial charge in [-0.3, -0.25) is 4.79 Å². The highest BCUT2D eigenvalue weighted by Crippen LogP contribution is 2.38. The van der Waals surface area contributed by atoms with E-state index in [9.17, 15) is 9.18 Å². The van der Waals surface area contributed by atoms with E-state index < -0.39 is 0 Å². The smallest absolute Gasteiger partial charge is 0.176 e. The fourth-order valence-electron chi connectivity index (χ4n) is 3.20. The zero-order chi connectivity index (χ0) is 16.7. The topological polar surface area (TPSA) is 43.1 Å². The Kier molecular flexibility index (Phi) is 3.69. The second kappa shape index (κ2) is 5.87. The standard InChI is InChI=1S/C19H13ClFNO2/c20-13-5-1-3-11(9-13)15-7-8-16-17(19(15)23)18(22-24-16)12-4-2-6-14(21)10-12/h1-6,9-10,15H,7-8H2. The van der Waals surface area contributed by atoms with Crippen molar-refractivity contribution in [2.24, 2.45) is 0 Å². The van der Waals surface area contributed by atoms with Crippen LogP contribution in [-0.2, 0) is 6.42 Å². The minimum absolute atomic E-state index is 0.0565. The van der Waals surface area contributed by atoms with Crippen molar-refractivity contribution in [2.45, 2.75) is 18.8 Å². The van der Waals surface area contributed by atoms with Gasteiger partial charge in [0.2, 0.25) is 0 Å². The molecule has 0 fully saturated rings. The number of carbonyl (C=O) groups excluding carboxylic acids is 1. The van der Waals surface area contributed by atoms with Crippen LogP contribution in [0.15, 0.2) is 53.1 Å². The molecule has 0 radical (unpaired) electrons. The predicted molar refractivity (Wildman–Crippen MR) is 88.7 cm³/mol. The lowest BCUT2D eigenvalue weighted by Crippen LogP contribution is -2.20. The zero-order valence-corrected chi connectivity index (χ0v) is 13.4. The van der Waals surface area contributed by atoms with Gasteiger partial charge in [-0.15, -0.1) is 0 Å². The first kappa shape index (κ1) is 15.1. The van der Waals surface area contributed by atoms with Crippen LogP contribution in [-0.4, -0.2) is 10.9 Å². The van der Waals surface area contributed by atoms with E-state index in [4.69, 9.17) is 16.1 Å². The number of nitrogens with zero attached hydrogens (tertiary/aromatic N) is 1. The van der Waals surface area contributed by atoms with Gasteiger partial charge in [0.05, 0.1) is 5.56 Å². The number of carbonyl (C=O) groups is 1. The summed E-state index contributed by atoms with van der Waals surface area (Å²) in [5.74, 6) is -0.154. The number of ketones is 1. The van der Waals surface area contributed by atoms with Gasteiger partial charge >= 0.3 is 0 Å². The van der Waals surface area contributed by atoms with Crippen molar-refractivity contribution in [3.8, 4) is 11.3 Å². The summed E-state index contributed by atoms with van der Waals surface area (Å²) in [6.45, 7) is 0. The Labute approximate surface area is 143 Å². The summed E-state index contributed by atoms with van der Waals surface area (Å²) in [6, 6.07) is 13.3. The molecule has 0 saturated heterocycles. The number of rotatable bonds is 2. The third kappa shape index (κ3) is 2.53. The van der Waals surface area contributed by atoms with E-state index in [1.165, 1.54) is 12.1 Å². The van der Waals surface area contributed by atoms with Gasteiger partial charge in [-0.2, -0.15) is 0 Å².